The lowest BCUT2D eigenvalue weighted by Gasteiger charge is -2.29. The predicted octanol–water partition coefficient (Wildman–Crippen LogP) is 5.60. The van der Waals surface area contributed by atoms with Gasteiger partial charge in [-0.3, -0.25) is 9.59 Å². The number of halogens is 6. The summed E-state index contributed by atoms with van der Waals surface area (Å²) >= 11 is 0.468. The van der Waals surface area contributed by atoms with Crippen molar-refractivity contribution in [3.05, 3.63) is 45.3 Å². The van der Waals surface area contributed by atoms with E-state index in [1.54, 1.807) is 13.8 Å². The fourth-order valence-electron chi connectivity index (χ4n) is 3.62. The van der Waals surface area contributed by atoms with Crippen LogP contribution in [-0.4, -0.2) is 26.4 Å². The number of benzene rings is 1. The molecular weight excluding hydrogens is 496 g/mol. The number of alkyl halides is 6. The van der Waals surface area contributed by atoms with Crippen LogP contribution < -0.4 is 5.32 Å². The Bertz CT molecular complexity index is 1220. The predicted molar refractivity (Wildman–Crippen MR) is 108 cm³/mol. The highest BCUT2D eigenvalue weighted by Crippen LogP contribution is 2.44. The second-order valence-electron chi connectivity index (χ2n) is 8.53. The number of carbonyl (C=O) groups is 2. The number of fused-ring (bicyclic) bond motifs is 1. The molecule has 1 heterocycles. The summed E-state index contributed by atoms with van der Waals surface area (Å²) in [7, 11) is -3.93. The first-order chi connectivity index (χ1) is 14.8. The quantitative estimate of drug-likeness (QED) is 0.542. The SMILES string of the molecule is CC1(C)CC(=O)c2c(S(C)(=O)=O)sc(C(=O)Nc3cc(C(F)(F)F)cc(C(F)(F)F)c3)c2C1. The molecule has 1 amide bonds. The third-order valence-corrected chi connectivity index (χ3v) is 8.00. The molecule has 0 spiro atoms. The van der Waals surface area contributed by atoms with Crippen molar-refractivity contribution in [3.63, 3.8) is 0 Å². The molecule has 1 aliphatic carbocycles. The third kappa shape index (κ3) is 5.24. The molecule has 0 atom stereocenters. The molecule has 0 fully saturated rings. The number of anilines is 1. The van der Waals surface area contributed by atoms with Crippen LogP contribution in [0, 0.1) is 5.41 Å². The molecule has 1 aromatic heterocycles. The number of amides is 1. The first-order valence-corrected chi connectivity index (χ1v) is 12.0. The minimum atomic E-state index is -5.11. The van der Waals surface area contributed by atoms with Crippen molar-refractivity contribution in [1.29, 1.82) is 0 Å². The van der Waals surface area contributed by atoms with Crippen LogP contribution in [0.15, 0.2) is 22.4 Å². The Kier molecular flexibility index (Phi) is 5.98. The largest absolute Gasteiger partial charge is 0.416 e. The maximum absolute atomic E-state index is 13.1. The van der Waals surface area contributed by atoms with Crippen molar-refractivity contribution in [1.82, 2.24) is 0 Å². The second-order valence-corrected chi connectivity index (χ2v) is 11.8. The highest BCUT2D eigenvalue weighted by Gasteiger charge is 2.40. The third-order valence-electron chi connectivity index (χ3n) is 4.94. The lowest BCUT2D eigenvalue weighted by molar-refractivity contribution is -0.143. The zero-order chi connectivity index (χ0) is 25.1. The van der Waals surface area contributed by atoms with E-state index in [2.05, 4.69) is 0 Å². The number of carbonyl (C=O) groups excluding carboxylic acids is 2. The van der Waals surface area contributed by atoms with Gasteiger partial charge < -0.3 is 5.32 Å². The number of rotatable bonds is 3. The van der Waals surface area contributed by atoms with Crippen LogP contribution in [0.3, 0.4) is 0 Å². The number of sulfone groups is 1. The van der Waals surface area contributed by atoms with Crippen LogP contribution in [0.2, 0.25) is 0 Å². The van der Waals surface area contributed by atoms with Crippen LogP contribution >= 0.6 is 11.3 Å². The van der Waals surface area contributed by atoms with Crippen molar-refractivity contribution in [2.75, 3.05) is 11.6 Å². The van der Waals surface area contributed by atoms with Crippen LogP contribution in [0.4, 0.5) is 32.0 Å². The smallest absolute Gasteiger partial charge is 0.321 e. The van der Waals surface area contributed by atoms with Crippen LogP contribution in [0.25, 0.3) is 0 Å². The Morgan fingerprint density at radius 1 is 1.00 bits per heavy atom. The van der Waals surface area contributed by atoms with E-state index in [4.69, 9.17) is 0 Å². The van der Waals surface area contributed by atoms with E-state index in [1.165, 1.54) is 0 Å². The minimum Gasteiger partial charge on any atom is -0.321 e. The standard InChI is InChI=1S/C20H17F6NO4S2/c1-18(2)7-12-14(13(28)8-18)17(33(3,30)31)32-15(12)16(29)27-11-5-9(19(21,22)23)4-10(6-11)20(24,25)26/h4-6H,7-8H2,1-3H3,(H,27,29). The first-order valence-electron chi connectivity index (χ1n) is 9.29. The van der Waals surface area contributed by atoms with Gasteiger partial charge in [0.1, 0.15) is 4.21 Å². The maximum Gasteiger partial charge on any atom is 0.416 e. The van der Waals surface area contributed by atoms with Crippen molar-refractivity contribution in [3.8, 4) is 0 Å². The Morgan fingerprint density at radius 2 is 1.52 bits per heavy atom. The Balaban J connectivity index is 2.12. The average Bonchev–Trinajstić information content (AvgIpc) is 2.98. The molecule has 1 aliphatic rings. The summed E-state index contributed by atoms with van der Waals surface area (Å²) in [5.41, 5.74) is -4.67. The Labute approximate surface area is 188 Å². The summed E-state index contributed by atoms with van der Waals surface area (Å²) in [4.78, 5) is 25.3. The van der Waals surface area contributed by atoms with E-state index in [0.29, 0.717) is 23.5 Å². The second kappa shape index (κ2) is 7.83. The molecule has 5 nitrogen and oxygen atoms in total. The zero-order valence-corrected chi connectivity index (χ0v) is 19.0. The molecule has 0 saturated carbocycles. The van der Waals surface area contributed by atoms with Crippen LogP contribution in [0.1, 0.15) is 57.0 Å². The van der Waals surface area contributed by atoms with Crippen molar-refractivity contribution in [2.45, 2.75) is 43.3 Å². The number of hydrogen-bond acceptors (Lipinski definition) is 5. The van der Waals surface area contributed by atoms with Gasteiger partial charge in [-0.05, 0) is 35.6 Å². The molecule has 1 aromatic carbocycles. The Hall–Kier alpha value is -2.41. The molecule has 33 heavy (non-hydrogen) atoms. The van der Waals surface area contributed by atoms with Crippen molar-refractivity contribution in [2.24, 2.45) is 5.41 Å². The van der Waals surface area contributed by atoms with Gasteiger partial charge in [-0.15, -0.1) is 11.3 Å². The maximum atomic E-state index is 13.1. The van der Waals surface area contributed by atoms with Gasteiger partial charge in [-0.2, -0.15) is 26.3 Å². The molecule has 1 N–H and O–H groups in total. The van der Waals surface area contributed by atoms with E-state index in [1.807, 2.05) is 5.32 Å². The van der Waals surface area contributed by atoms with E-state index in [-0.39, 0.29) is 39.1 Å². The molecule has 13 heteroatoms. The summed E-state index contributed by atoms with van der Waals surface area (Å²) < 4.78 is 103. The highest BCUT2D eigenvalue weighted by atomic mass is 32.2. The van der Waals surface area contributed by atoms with Gasteiger partial charge in [-0.25, -0.2) is 8.42 Å². The molecule has 0 radical (unpaired) electrons. The summed E-state index contributed by atoms with van der Waals surface area (Å²) in [5.74, 6) is -1.61. The van der Waals surface area contributed by atoms with E-state index in [9.17, 15) is 44.3 Å². The van der Waals surface area contributed by atoms with E-state index in [0.717, 1.165) is 6.26 Å². The highest BCUT2D eigenvalue weighted by molar-refractivity contribution is 7.92. The van der Waals surface area contributed by atoms with Gasteiger partial charge in [0.2, 0.25) is 0 Å². The number of Topliss-reactive ketones (excluding diaryl/α,β-unsaturated/α-hetero) is 1. The van der Waals surface area contributed by atoms with Crippen LogP contribution in [-0.2, 0) is 28.6 Å². The number of nitrogens with one attached hydrogen (secondary N) is 1. The molecule has 180 valence electrons. The van der Waals surface area contributed by atoms with Gasteiger partial charge in [0.05, 0.1) is 21.6 Å². The van der Waals surface area contributed by atoms with Gasteiger partial charge in [0.25, 0.3) is 5.91 Å². The normalized spacial score (nSPS) is 16.5. The lowest BCUT2D eigenvalue weighted by Crippen LogP contribution is -2.28. The van der Waals surface area contributed by atoms with Crippen molar-refractivity contribution >= 4 is 38.6 Å². The minimum absolute atomic E-state index is 0.0167. The fraction of sp³-hybridized carbons (Fsp3) is 0.400. The lowest BCUT2D eigenvalue weighted by atomic mass is 9.74. The number of thiophene rings is 1. The van der Waals surface area contributed by atoms with Crippen molar-refractivity contribution < 1.29 is 44.3 Å². The van der Waals surface area contributed by atoms with Gasteiger partial charge in [0.15, 0.2) is 15.6 Å². The molecule has 2 aromatic rings. The summed E-state index contributed by atoms with van der Waals surface area (Å²) in [6.07, 6.45) is -9.23. The van der Waals surface area contributed by atoms with Gasteiger partial charge in [0, 0.05) is 18.4 Å². The average molecular weight is 513 g/mol. The zero-order valence-electron chi connectivity index (χ0n) is 17.4. The molecule has 0 saturated heterocycles. The summed E-state index contributed by atoms with van der Waals surface area (Å²) in [6.45, 7) is 3.44. The molecule has 3 rings (SSSR count). The van der Waals surface area contributed by atoms with Crippen LogP contribution in [0.5, 0.6) is 0 Å². The fourth-order valence-corrected chi connectivity index (χ4v) is 6.05. The number of ketones is 1. The number of hydrogen-bond donors (Lipinski definition) is 1. The molecular formula is C20H17F6NO4S2. The molecule has 0 bridgehead atoms. The summed E-state index contributed by atoms with van der Waals surface area (Å²) in [5, 5.41) is 2.01. The van der Waals surface area contributed by atoms with E-state index >= 15 is 0 Å². The molecule has 0 aliphatic heterocycles. The topological polar surface area (TPSA) is 80.3 Å². The Morgan fingerprint density at radius 3 is 1.97 bits per heavy atom. The first kappa shape index (κ1) is 25.2. The van der Waals surface area contributed by atoms with Gasteiger partial charge >= 0.3 is 12.4 Å². The summed E-state index contributed by atoms with van der Waals surface area (Å²) in [6, 6.07) is 0.616. The van der Waals surface area contributed by atoms with E-state index < -0.39 is 56.1 Å². The monoisotopic (exact) mass is 513 g/mol. The van der Waals surface area contributed by atoms with Gasteiger partial charge in [-0.1, -0.05) is 13.8 Å². The molecule has 0 unspecified atom stereocenters.